The van der Waals surface area contributed by atoms with Crippen LogP contribution >= 0.6 is 11.6 Å². The van der Waals surface area contributed by atoms with Gasteiger partial charge in [-0.05, 0) is 19.8 Å². The van der Waals surface area contributed by atoms with Crippen molar-refractivity contribution in [2.24, 2.45) is 7.05 Å². The van der Waals surface area contributed by atoms with Gasteiger partial charge >= 0.3 is 0 Å². The fourth-order valence-electron chi connectivity index (χ4n) is 2.86. The molecule has 24 heavy (non-hydrogen) atoms. The van der Waals surface area contributed by atoms with Crippen LogP contribution < -0.4 is 4.72 Å². The molecule has 9 nitrogen and oxygen atoms in total. The van der Waals surface area contributed by atoms with Crippen LogP contribution in [-0.4, -0.2) is 40.1 Å². The predicted molar refractivity (Wildman–Crippen MR) is 86.0 cm³/mol. The molecule has 1 aliphatic heterocycles. The van der Waals surface area contributed by atoms with E-state index in [-0.39, 0.29) is 16.7 Å². The Balaban J connectivity index is 1.92. The number of methoxy groups -OCH3 is 1. The van der Waals surface area contributed by atoms with Gasteiger partial charge in [-0.25, -0.2) is 22.8 Å². The molecule has 0 aromatic carbocycles. The smallest absolute Gasteiger partial charge is 0.246 e. The number of halogens is 1. The number of rotatable bonds is 5. The average Bonchev–Trinajstić information content (AvgIpc) is 3.01. The van der Waals surface area contributed by atoms with Gasteiger partial charge in [-0.1, -0.05) is 11.6 Å². The third-order valence-electron chi connectivity index (χ3n) is 3.86. The predicted octanol–water partition coefficient (Wildman–Crippen LogP) is 0.933. The van der Waals surface area contributed by atoms with Crippen molar-refractivity contribution >= 4 is 21.6 Å². The van der Waals surface area contributed by atoms with E-state index in [9.17, 15) is 8.42 Å². The summed E-state index contributed by atoms with van der Waals surface area (Å²) in [5.74, 6) is 1.13. The highest BCUT2D eigenvalue weighted by Gasteiger charge is 2.32. The molecule has 0 saturated heterocycles. The quantitative estimate of drug-likeness (QED) is 0.835. The van der Waals surface area contributed by atoms with Crippen LogP contribution in [0.4, 0.5) is 0 Å². The summed E-state index contributed by atoms with van der Waals surface area (Å²) in [5.41, 5.74) is 0.354. The van der Waals surface area contributed by atoms with Gasteiger partial charge in [0.05, 0.1) is 11.7 Å². The number of aromatic nitrogens is 5. The summed E-state index contributed by atoms with van der Waals surface area (Å²) in [7, 11) is -0.661. The summed E-state index contributed by atoms with van der Waals surface area (Å²) < 4.78 is 36.3. The fourth-order valence-corrected chi connectivity index (χ4v) is 4.84. The summed E-state index contributed by atoms with van der Waals surface area (Å²) >= 11 is 6.09. The maximum atomic E-state index is 12.8. The molecule has 3 rings (SSSR count). The topological polar surface area (TPSA) is 104 Å². The number of hydrogen-bond donors (Lipinski definition) is 1. The van der Waals surface area contributed by atoms with Crippen LogP contribution in [0.2, 0.25) is 5.15 Å². The zero-order valence-corrected chi connectivity index (χ0v) is 15.2. The van der Waals surface area contributed by atoms with Crippen molar-refractivity contribution in [1.82, 2.24) is 29.3 Å². The Morgan fingerprint density at radius 2 is 2.17 bits per heavy atom. The number of sulfonamides is 1. The highest BCUT2D eigenvalue weighted by atomic mass is 35.5. The number of hydrogen-bond acceptors (Lipinski definition) is 6. The summed E-state index contributed by atoms with van der Waals surface area (Å²) in [6, 6.07) is -0.461. The van der Waals surface area contributed by atoms with E-state index in [2.05, 4.69) is 19.9 Å². The van der Waals surface area contributed by atoms with Crippen molar-refractivity contribution in [3.8, 4) is 0 Å². The highest BCUT2D eigenvalue weighted by Crippen LogP contribution is 2.29. The van der Waals surface area contributed by atoms with Gasteiger partial charge in [0.25, 0.3) is 0 Å². The van der Waals surface area contributed by atoms with Crippen molar-refractivity contribution in [3.05, 3.63) is 22.5 Å². The van der Waals surface area contributed by atoms with E-state index in [1.165, 1.54) is 4.68 Å². The number of nitrogens with one attached hydrogen (secondary N) is 1. The standard InChI is InChI=1S/C13H19ClN6O3S/c1-8-11(12(14)19(2)16-8)24(21,22)18-9-5-4-6-20-13(9)15-10(17-20)7-23-3/h9,18H,4-7H2,1-3H3/t9-/m1/s1. The van der Waals surface area contributed by atoms with Crippen molar-refractivity contribution in [3.63, 3.8) is 0 Å². The summed E-state index contributed by atoms with van der Waals surface area (Å²) in [5, 5.41) is 8.48. The van der Waals surface area contributed by atoms with Crippen molar-refractivity contribution < 1.29 is 13.2 Å². The third kappa shape index (κ3) is 3.06. The molecule has 0 unspecified atom stereocenters. The fraction of sp³-hybridized carbons (Fsp3) is 0.615. The molecule has 11 heteroatoms. The van der Waals surface area contributed by atoms with Gasteiger partial charge < -0.3 is 4.74 Å². The Bertz CT molecular complexity index is 859. The Hall–Kier alpha value is -1.49. The lowest BCUT2D eigenvalue weighted by molar-refractivity contribution is 0.177. The van der Waals surface area contributed by atoms with E-state index in [0.29, 0.717) is 30.3 Å². The van der Waals surface area contributed by atoms with Gasteiger partial charge in [0.15, 0.2) is 5.82 Å². The molecule has 1 aliphatic rings. The monoisotopic (exact) mass is 374 g/mol. The molecule has 0 amide bonds. The van der Waals surface area contributed by atoms with Crippen LogP contribution in [0.5, 0.6) is 0 Å². The molecular weight excluding hydrogens is 356 g/mol. The second-order valence-electron chi connectivity index (χ2n) is 5.69. The molecule has 132 valence electrons. The minimum absolute atomic E-state index is 0.000389. The van der Waals surface area contributed by atoms with E-state index in [0.717, 1.165) is 6.42 Å². The van der Waals surface area contributed by atoms with Gasteiger partial charge in [-0.15, -0.1) is 0 Å². The minimum Gasteiger partial charge on any atom is -0.377 e. The van der Waals surface area contributed by atoms with Crippen LogP contribution in [-0.2, 0) is 35.0 Å². The lowest BCUT2D eigenvalue weighted by Crippen LogP contribution is -2.33. The number of ether oxygens (including phenoxy) is 1. The zero-order chi connectivity index (χ0) is 17.5. The summed E-state index contributed by atoms with van der Waals surface area (Å²) in [6.07, 6.45) is 1.44. The van der Waals surface area contributed by atoms with Gasteiger partial charge in [0.2, 0.25) is 10.0 Å². The van der Waals surface area contributed by atoms with Crippen LogP contribution in [0.15, 0.2) is 4.90 Å². The first kappa shape index (κ1) is 17.3. The Labute approximate surface area is 145 Å². The first-order valence-corrected chi connectivity index (χ1v) is 9.33. The van der Waals surface area contributed by atoms with Gasteiger partial charge in [0, 0.05) is 20.7 Å². The van der Waals surface area contributed by atoms with E-state index in [4.69, 9.17) is 16.3 Å². The lowest BCUT2D eigenvalue weighted by Gasteiger charge is -2.22. The first-order chi connectivity index (χ1) is 11.3. The normalized spacial score (nSPS) is 17.9. The minimum atomic E-state index is -3.82. The van der Waals surface area contributed by atoms with Crippen molar-refractivity contribution in [1.29, 1.82) is 0 Å². The van der Waals surface area contributed by atoms with Gasteiger partial charge in [-0.3, -0.25) is 4.68 Å². The van der Waals surface area contributed by atoms with Crippen molar-refractivity contribution in [2.45, 2.75) is 43.9 Å². The first-order valence-electron chi connectivity index (χ1n) is 7.47. The molecule has 1 atom stereocenters. The number of nitrogens with zero attached hydrogens (tertiary/aromatic N) is 5. The average molecular weight is 375 g/mol. The van der Waals surface area contributed by atoms with Crippen LogP contribution in [0.3, 0.4) is 0 Å². The summed E-state index contributed by atoms with van der Waals surface area (Å²) in [6.45, 7) is 2.60. The SMILES string of the molecule is COCc1nc2n(n1)CCC[C@H]2NS(=O)(=O)c1c(C)nn(C)c1Cl. The maximum Gasteiger partial charge on any atom is 0.246 e. The molecule has 2 aromatic rings. The largest absolute Gasteiger partial charge is 0.377 e. The van der Waals surface area contributed by atoms with E-state index in [1.54, 1.807) is 25.8 Å². The number of fused-ring (bicyclic) bond motifs is 1. The van der Waals surface area contributed by atoms with Crippen LogP contribution in [0, 0.1) is 6.92 Å². The molecule has 3 heterocycles. The molecule has 1 N–H and O–H groups in total. The second kappa shape index (κ2) is 6.43. The zero-order valence-electron chi connectivity index (χ0n) is 13.7. The van der Waals surface area contributed by atoms with E-state index in [1.807, 2.05) is 0 Å². The highest BCUT2D eigenvalue weighted by molar-refractivity contribution is 7.89. The third-order valence-corrected chi connectivity index (χ3v) is 6.02. The molecule has 0 bridgehead atoms. The summed E-state index contributed by atoms with van der Waals surface area (Å²) in [4.78, 5) is 4.40. The number of aryl methyl sites for hydroxylation is 3. The maximum absolute atomic E-state index is 12.8. The molecule has 0 saturated carbocycles. The molecule has 0 spiro atoms. The van der Waals surface area contributed by atoms with Gasteiger partial charge in [-0.2, -0.15) is 10.2 Å². The van der Waals surface area contributed by atoms with Crippen LogP contribution in [0.1, 0.15) is 36.2 Å². The van der Waals surface area contributed by atoms with E-state index < -0.39 is 16.1 Å². The molecule has 0 aliphatic carbocycles. The molecule has 0 radical (unpaired) electrons. The Morgan fingerprint density at radius 1 is 1.42 bits per heavy atom. The van der Waals surface area contributed by atoms with Crippen molar-refractivity contribution in [2.75, 3.05) is 7.11 Å². The molecule has 0 fully saturated rings. The lowest BCUT2D eigenvalue weighted by atomic mass is 10.1. The van der Waals surface area contributed by atoms with Crippen LogP contribution in [0.25, 0.3) is 0 Å². The molecule has 2 aromatic heterocycles. The second-order valence-corrected chi connectivity index (χ2v) is 7.70. The van der Waals surface area contributed by atoms with Gasteiger partial charge in [0.1, 0.15) is 22.5 Å². The Kier molecular flexibility index (Phi) is 4.65. The van der Waals surface area contributed by atoms with E-state index >= 15 is 0 Å². The Morgan fingerprint density at radius 3 is 2.79 bits per heavy atom. The molecular formula is C13H19ClN6O3S.